The molecule has 0 saturated carbocycles. The van der Waals surface area contributed by atoms with Crippen LogP contribution in [0.5, 0.6) is 5.75 Å². The van der Waals surface area contributed by atoms with Crippen LogP contribution in [0.15, 0.2) is 60.4 Å². The standard InChI is InChI=1S/C22H23N3O2/c23-22(26)19-10-11-20(16-12-13-24-14-16)25-21(19)15-6-8-18(9-7-15)27-17-4-2-1-3-5-17/h1-2,4,6-11,16,24H,3,5,12-14H2,(H2,23,26). The highest BCUT2D eigenvalue weighted by Gasteiger charge is 2.21. The average Bonchev–Trinajstić information content (AvgIpc) is 3.24. The Labute approximate surface area is 158 Å². The van der Waals surface area contributed by atoms with E-state index in [-0.39, 0.29) is 0 Å². The molecule has 1 aromatic heterocycles. The minimum absolute atomic E-state index is 0.375. The summed E-state index contributed by atoms with van der Waals surface area (Å²) >= 11 is 0. The lowest BCUT2D eigenvalue weighted by Gasteiger charge is -2.14. The third-order valence-electron chi connectivity index (χ3n) is 5.01. The van der Waals surface area contributed by atoms with E-state index in [2.05, 4.69) is 11.4 Å². The van der Waals surface area contributed by atoms with Gasteiger partial charge in [0.1, 0.15) is 11.5 Å². The minimum atomic E-state index is -0.465. The maximum atomic E-state index is 11.9. The number of carbonyl (C=O) groups is 1. The van der Waals surface area contributed by atoms with Crippen LogP contribution in [-0.4, -0.2) is 24.0 Å². The lowest BCUT2D eigenvalue weighted by atomic mass is 9.99. The zero-order valence-corrected chi connectivity index (χ0v) is 15.2. The summed E-state index contributed by atoms with van der Waals surface area (Å²) in [6.07, 6.45) is 9.09. The number of ether oxygens (including phenoxy) is 1. The summed E-state index contributed by atoms with van der Waals surface area (Å²) in [7, 11) is 0. The molecule has 138 valence electrons. The van der Waals surface area contributed by atoms with Gasteiger partial charge in [0, 0.05) is 30.1 Å². The zero-order chi connectivity index (χ0) is 18.6. The fourth-order valence-electron chi connectivity index (χ4n) is 3.53. The quantitative estimate of drug-likeness (QED) is 0.854. The monoisotopic (exact) mass is 361 g/mol. The van der Waals surface area contributed by atoms with Crippen molar-refractivity contribution in [3.63, 3.8) is 0 Å². The van der Waals surface area contributed by atoms with Crippen molar-refractivity contribution in [3.05, 3.63) is 71.6 Å². The Morgan fingerprint density at radius 2 is 2.04 bits per heavy atom. The van der Waals surface area contributed by atoms with Crippen LogP contribution in [0.4, 0.5) is 0 Å². The predicted octanol–water partition coefficient (Wildman–Crippen LogP) is 3.54. The first kappa shape index (κ1) is 17.5. The molecule has 1 aromatic carbocycles. The number of primary amides is 1. The fourth-order valence-corrected chi connectivity index (χ4v) is 3.53. The smallest absolute Gasteiger partial charge is 0.250 e. The number of hydrogen-bond donors (Lipinski definition) is 2. The molecule has 0 radical (unpaired) electrons. The first-order valence-electron chi connectivity index (χ1n) is 9.36. The number of pyridine rings is 1. The van der Waals surface area contributed by atoms with E-state index >= 15 is 0 Å². The van der Waals surface area contributed by atoms with E-state index in [1.165, 1.54) is 0 Å². The van der Waals surface area contributed by atoms with Gasteiger partial charge in [-0.15, -0.1) is 0 Å². The van der Waals surface area contributed by atoms with E-state index in [9.17, 15) is 4.79 Å². The molecule has 2 aromatic rings. The highest BCUT2D eigenvalue weighted by molar-refractivity contribution is 5.98. The highest BCUT2D eigenvalue weighted by Crippen LogP contribution is 2.29. The molecule has 2 heterocycles. The summed E-state index contributed by atoms with van der Waals surface area (Å²) < 4.78 is 5.92. The molecule has 5 heteroatoms. The number of nitrogens with zero attached hydrogens (tertiary/aromatic N) is 1. The van der Waals surface area contributed by atoms with E-state index < -0.39 is 5.91 Å². The second kappa shape index (κ2) is 7.76. The van der Waals surface area contributed by atoms with E-state index in [4.69, 9.17) is 15.5 Å². The Morgan fingerprint density at radius 1 is 1.19 bits per heavy atom. The normalized spacial score (nSPS) is 19.0. The van der Waals surface area contributed by atoms with Crippen LogP contribution in [0, 0.1) is 0 Å². The van der Waals surface area contributed by atoms with Crippen LogP contribution in [0.1, 0.15) is 41.2 Å². The van der Waals surface area contributed by atoms with Gasteiger partial charge in [-0.1, -0.05) is 12.2 Å². The van der Waals surface area contributed by atoms with Crippen LogP contribution < -0.4 is 15.8 Å². The SMILES string of the molecule is NC(=O)c1ccc(C2CCNC2)nc1-c1ccc(OC2=CC=CCC2)cc1. The van der Waals surface area contributed by atoms with E-state index in [1.807, 2.05) is 42.5 Å². The molecule has 1 saturated heterocycles. The van der Waals surface area contributed by atoms with Gasteiger partial charge in [0.15, 0.2) is 0 Å². The first-order chi connectivity index (χ1) is 13.2. The maximum absolute atomic E-state index is 11.9. The summed E-state index contributed by atoms with van der Waals surface area (Å²) in [5.74, 6) is 1.64. The van der Waals surface area contributed by atoms with Gasteiger partial charge in [-0.2, -0.15) is 0 Å². The molecule has 0 bridgehead atoms. The Balaban J connectivity index is 1.62. The minimum Gasteiger partial charge on any atom is -0.462 e. The van der Waals surface area contributed by atoms with Gasteiger partial charge in [0.05, 0.1) is 11.3 Å². The maximum Gasteiger partial charge on any atom is 0.250 e. The second-order valence-electron chi connectivity index (χ2n) is 6.91. The Kier molecular flexibility index (Phi) is 5.03. The van der Waals surface area contributed by atoms with Crippen LogP contribution in [0.25, 0.3) is 11.3 Å². The van der Waals surface area contributed by atoms with Crippen molar-refractivity contribution >= 4 is 5.91 Å². The van der Waals surface area contributed by atoms with Crippen molar-refractivity contribution in [2.24, 2.45) is 5.73 Å². The summed E-state index contributed by atoms with van der Waals surface area (Å²) in [4.78, 5) is 16.7. The zero-order valence-electron chi connectivity index (χ0n) is 15.2. The molecule has 1 fully saturated rings. The van der Waals surface area contributed by atoms with Crippen LogP contribution in [0.3, 0.4) is 0 Å². The summed E-state index contributed by atoms with van der Waals surface area (Å²) in [6.45, 7) is 1.91. The van der Waals surface area contributed by atoms with Crippen molar-refractivity contribution < 1.29 is 9.53 Å². The van der Waals surface area contributed by atoms with Crippen molar-refractivity contribution in [3.8, 4) is 17.0 Å². The molecule has 4 rings (SSSR count). The van der Waals surface area contributed by atoms with Crippen LogP contribution in [-0.2, 0) is 0 Å². The number of benzene rings is 1. The van der Waals surface area contributed by atoms with Crippen molar-refractivity contribution in [1.82, 2.24) is 10.3 Å². The average molecular weight is 361 g/mol. The number of allylic oxidation sites excluding steroid dienone is 4. The van der Waals surface area contributed by atoms with Gasteiger partial charge < -0.3 is 15.8 Å². The Morgan fingerprint density at radius 3 is 2.70 bits per heavy atom. The molecule has 27 heavy (non-hydrogen) atoms. The fraction of sp³-hybridized carbons (Fsp3) is 0.273. The third-order valence-corrected chi connectivity index (χ3v) is 5.01. The Hall–Kier alpha value is -2.92. The van der Waals surface area contributed by atoms with Crippen molar-refractivity contribution in [1.29, 1.82) is 0 Å². The number of hydrogen-bond acceptors (Lipinski definition) is 4. The molecule has 1 aliphatic carbocycles. The molecule has 3 N–H and O–H groups in total. The number of carbonyl (C=O) groups excluding carboxylic acids is 1. The second-order valence-corrected chi connectivity index (χ2v) is 6.91. The predicted molar refractivity (Wildman–Crippen MR) is 106 cm³/mol. The molecule has 1 amide bonds. The van der Waals surface area contributed by atoms with Gasteiger partial charge in [0.2, 0.25) is 0 Å². The van der Waals surface area contributed by atoms with E-state index in [1.54, 1.807) is 6.07 Å². The topological polar surface area (TPSA) is 77.2 Å². The van der Waals surface area contributed by atoms with E-state index in [0.29, 0.717) is 17.2 Å². The molecule has 0 spiro atoms. The Bertz CT molecular complexity index is 894. The van der Waals surface area contributed by atoms with Crippen LogP contribution >= 0.6 is 0 Å². The lowest BCUT2D eigenvalue weighted by molar-refractivity contribution is 0.100. The number of nitrogens with two attached hydrogens (primary N) is 1. The van der Waals surface area contributed by atoms with Gasteiger partial charge in [0.25, 0.3) is 5.91 Å². The van der Waals surface area contributed by atoms with Crippen molar-refractivity contribution in [2.75, 3.05) is 13.1 Å². The molecule has 1 atom stereocenters. The van der Waals surface area contributed by atoms with E-state index in [0.717, 1.165) is 55.1 Å². The molecule has 1 unspecified atom stereocenters. The molecule has 1 aliphatic heterocycles. The molecule has 2 aliphatic rings. The number of amides is 1. The summed E-state index contributed by atoms with van der Waals surface area (Å²) in [5.41, 5.74) is 8.52. The largest absolute Gasteiger partial charge is 0.462 e. The van der Waals surface area contributed by atoms with Gasteiger partial charge in [-0.25, -0.2) is 0 Å². The molecule has 5 nitrogen and oxygen atoms in total. The van der Waals surface area contributed by atoms with Gasteiger partial charge in [-0.3, -0.25) is 9.78 Å². The summed E-state index contributed by atoms with van der Waals surface area (Å²) in [5, 5.41) is 3.36. The van der Waals surface area contributed by atoms with Gasteiger partial charge >= 0.3 is 0 Å². The lowest BCUT2D eigenvalue weighted by Crippen LogP contribution is -2.15. The third kappa shape index (κ3) is 3.93. The molecular formula is C22H23N3O2. The first-order valence-corrected chi connectivity index (χ1v) is 9.36. The van der Waals surface area contributed by atoms with Gasteiger partial charge in [-0.05, 0) is 61.9 Å². The highest BCUT2D eigenvalue weighted by atomic mass is 16.5. The number of rotatable bonds is 5. The summed E-state index contributed by atoms with van der Waals surface area (Å²) in [6, 6.07) is 11.4. The van der Waals surface area contributed by atoms with Crippen molar-refractivity contribution in [2.45, 2.75) is 25.2 Å². The number of nitrogens with one attached hydrogen (secondary N) is 1. The molecular weight excluding hydrogens is 338 g/mol. The van der Waals surface area contributed by atoms with Crippen LogP contribution in [0.2, 0.25) is 0 Å². The number of aromatic nitrogens is 1.